The fraction of sp³-hybridized carbons (Fsp3) is 0.320. The van der Waals surface area contributed by atoms with E-state index in [1.54, 1.807) is 25.1 Å². The normalized spacial score (nSPS) is 17.7. The number of alkyl halides is 3. The van der Waals surface area contributed by atoms with Gasteiger partial charge in [-0.3, -0.25) is 14.7 Å². The van der Waals surface area contributed by atoms with E-state index in [2.05, 4.69) is 16.4 Å². The van der Waals surface area contributed by atoms with Gasteiger partial charge in [-0.2, -0.15) is 18.4 Å². The molecule has 2 heterocycles. The molecule has 1 unspecified atom stereocenters. The van der Waals surface area contributed by atoms with Crippen molar-refractivity contribution in [2.24, 2.45) is 0 Å². The van der Waals surface area contributed by atoms with Crippen LogP contribution in [0.25, 0.3) is 0 Å². The maximum Gasteiger partial charge on any atom is 0.433 e. The summed E-state index contributed by atoms with van der Waals surface area (Å²) in [6.45, 7) is 3.73. The summed E-state index contributed by atoms with van der Waals surface area (Å²) in [6.07, 6.45) is -3.66. The Bertz CT molecular complexity index is 1350. The number of thioether (sulfide) groups is 1. The van der Waals surface area contributed by atoms with Gasteiger partial charge in [-0.25, -0.2) is 14.5 Å². The summed E-state index contributed by atoms with van der Waals surface area (Å²) in [5, 5.41) is 11.9. The number of benzene rings is 1. The van der Waals surface area contributed by atoms with Crippen LogP contribution in [0.3, 0.4) is 0 Å². The van der Waals surface area contributed by atoms with Gasteiger partial charge in [-0.1, -0.05) is 13.0 Å². The first-order valence-corrected chi connectivity index (χ1v) is 12.5. The lowest BCUT2D eigenvalue weighted by atomic mass is 9.92. The van der Waals surface area contributed by atoms with Crippen LogP contribution in [-0.2, 0) is 11.0 Å². The van der Waals surface area contributed by atoms with E-state index in [1.807, 2.05) is 6.92 Å². The number of hydrogen-bond donors (Lipinski definition) is 1. The van der Waals surface area contributed by atoms with Crippen LogP contribution >= 0.6 is 11.8 Å². The van der Waals surface area contributed by atoms with E-state index in [-0.39, 0.29) is 42.1 Å². The molecule has 1 aromatic heterocycles. The van der Waals surface area contributed by atoms with E-state index in [4.69, 9.17) is 0 Å². The maximum absolute atomic E-state index is 13.9. The highest BCUT2D eigenvalue weighted by molar-refractivity contribution is 7.99. The maximum atomic E-state index is 13.9. The van der Waals surface area contributed by atoms with Gasteiger partial charge in [0.2, 0.25) is 0 Å². The van der Waals surface area contributed by atoms with Gasteiger partial charge in [0, 0.05) is 35.3 Å². The van der Waals surface area contributed by atoms with Crippen LogP contribution in [0, 0.1) is 11.3 Å². The molecule has 4 amide bonds. The smallest absolute Gasteiger partial charge is 0.338 e. The Morgan fingerprint density at radius 1 is 1.22 bits per heavy atom. The van der Waals surface area contributed by atoms with Crippen molar-refractivity contribution < 1.29 is 27.6 Å². The first-order valence-electron chi connectivity index (χ1n) is 11.5. The zero-order chi connectivity index (χ0) is 26.9. The highest BCUT2D eigenvalue weighted by Gasteiger charge is 2.49. The zero-order valence-electron chi connectivity index (χ0n) is 19.9. The molecule has 2 aromatic rings. The fourth-order valence-electron chi connectivity index (χ4n) is 4.49. The third-order valence-corrected chi connectivity index (χ3v) is 6.93. The number of allylic oxidation sites excluding steroid dienone is 1. The van der Waals surface area contributed by atoms with Gasteiger partial charge in [0.25, 0.3) is 0 Å². The number of urea groups is 2. The highest BCUT2D eigenvalue weighted by Crippen LogP contribution is 2.47. The van der Waals surface area contributed by atoms with E-state index < -0.39 is 30.0 Å². The molecule has 0 saturated heterocycles. The van der Waals surface area contributed by atoms with Crippen molar-refractivity contribution in [2.45, 2.75) is 43.8 Å². The Hall–Kier alpha value is -3.85. The number of Topliss-reactive ketones (excluding diaryl/α,β-unsaturated/α-hetero) is 1. The predicted octanol–water partition coefficient (Wildman–Crippen LogP) is 5.41. The molecule has 1 aliphatic carbocycles. The minimum atomic E-state index is -4.76. The van der Waals surface area contributed by atoms with Crippen molar-refractivity contribution in [1.82, 2.24) is 15.2 Å². The number of nitrogens with zero attached hydrogens (tertiary/aromatic N) is 4. The van der Waals surface area contributed by atoms with E-state index >= 15 is 0 Å². The van der Waals surface area contributed by atoms with Gasteiger partial charge < -0.3 is 5.32 Å². The number of hydrogen-bond acceptors (Lipinski definition) is 6. The molecule has 1 aliphatic heterocycles. The second-order valence-electron chi connectivity index (χ2n) is 8.20. The van der Waals surface area contributed by atoms with Crippen LogP contribution in [0.15, 0.2) is 52.7 Å². The molecule has 0 bridgehead atoms. The third kappa shape index (κ3) is 4.79. The van der Waals surface area contributed by atoms with Crippen LogP contribution in [0.4, 0.5) is 28.4 Å². The van der Waals surface area contributed by atoms with Crippen molar-refractivity contribution in [2.75, 3.05) is 17.2 Å². The average molecular weight is 530 g/mol. The molecule has 0 saturated carbocycles. The van der Waals surface area contributed by atoms with Gasteiger partial charge >= 0.3 is 18.2 Å². The summed E-state index contributed by atoms with van der Waals surface area (Å²) in [6, 6.07) is 6.02. The number of nitriles is 1. The Morgan fingerprint density at radius 3 is 2.62 bits per heavy atom. The molecule has 1 aromatic carbocycles. The SMILES string of the molecule is CCNC(=O)N1C(=O)N(c2ccnc(C(F)(F)F)c2)C2=C(C(=O)CC2)C1c1ccc(C#N)cc1SCC. The second-order valence-corrected chi connectivity index (χ2v) is 9.51. The molecule has 4 rings (SSSR count). The van der Waals surface area contributed by atoms with E-state index in [0.717, 1.165) is 22.1 Å². The summed E-state index contributed by atoms with van der Waals surface area (Å²) in [5.41, 5.74) is -0.0829. The quantitative estimate of drug-likeness (QED) is 0.519. The zero-order valence-corrected chi connectivity index (χ0v) is 20.7. The molecular formula is C25H22F3N5O3S. The van der Waals surface area contributed by atoms with Crippen LogP contribution in [-0.4, -0.2) is 40.0 Å². The molecule has 8 nitrogen and oxygen atoms in total. The summed E-state index contributed by atoms with van der Waals surface area (Å²) in [5.74, 6) is 0.307. The minimum absolute atomic E-state index is 0.0396. The monoisotopic (exact) mass is 529 g/mol. The molecule has 2 aliphatic rings. The molecule has 0 radical (unpaired) electrons. The number of anilines is 1. The van der Waals surface area contributed by atoms with Crippen molar-refractivity contribution in [3.63, 3.8) is 0 Å². The summed E-state index contributed by atoms with van der Waals surface area (Å²) >= 11 is 1.39. The Labute approximate surface area is 215 Å². The highest BCUT2D eigenvalue weighted by atomic mass is 32.2. The lowest BCUT2D eigenvalue weighted by molar-refractivity contribution is -0.141. The molecule has 0 spiro atoms. The lowest BCUT2D eigenvalue weighted by Crippen LogP contribution is -2.55. The minimum Gasteiger partial charge on any atom is -0.338 e. The number of pyridine rings is 1. The van der Waals surface area contributed by atoms with Gasteiger partial charge in [-0.05, 0) is 48.9 Å². The standard InChI is InChI=1S/C25H22F3N5O3S/c1-3-30-23(35)33-22(16-6-5-14(13-29)11-19(16)37-4-2)21-17(7-8-18(21)34)32(24(33)36)15-9-10-31-20(12-15)25(26,27)28/h5-6,9-12,22H,3-4,7-8H2,1-2H3,(H,30,35). The second kappa shape index (κ2) is 10.3. The predicted molar refractivity (Wildman–Crippen MR) is 130 cm³/mol. The Kier molecular flexibility index (Phi) is 7.27. The van der Waals surface area contributed by atoms with Gasteiger partial charge in [0.15, 0.2) is 5.78 Å². The first-order chi connectivity index (χ1) is 17.6. The largest absolute Gasteiger partial charge is 0.433 e. The number of nitrogens with one attached hydrogen (secondary N) is 1. The number of ketones is 1. The van der Waals surface area contributed by atoms with Crippen molar-refractivity contribution in [3.8, 4) is 6.07 Å². The van der Waals surface area contributed by atoms with E-state index in [9.17, 15) is 32.8 Å². The number of carbonyl (C=O) groups excluding carboxylic acids is 3. The first kappa shape index (κ1) is 26.2. The van der Waals surface area contributed by atoms with Crippen LogP contribution in [0.2, 0.25) is 0 Å². The van der Waals surface area contributed by atoms with Crippen LogP contribution in [0.1, 0.15) is 49.6 Å². The lowest BCUT2D eigenvalue weighted by Gasteiger charge is -2.41. The molecule has 192 valence electrons. The van der Waals surface area contributed by atoms with Crippen LogP contribution < -0.4 is 10.2 Å². The van der Waals surface area contributed by atoms with Gasteiger partial charge in [-0.15, -0.1) is 11.8 Å². The average Bonchev–Trinajstić information content (AvgIpc) is 3.24. The van der Waals surface area contributed by atoms with Crippen molar-refractivity contribution in [3.05, 3.63) is 64.6 Å². The molecule has 1 atom stereocenters. The molecular weight excluding hydrogens is 507 g/mol. The van der Waals surface area contributed by atoms with Gasteiger partial charge in [0.05, 0.1) is 23.4 Å². The molecule has 37 heavy (non-hydrogen) atoms. The van der Waals surface area contributed by atoms with Crippen molar-refractivity contribution in [1.29, 1.82) is 5.26 Å². The number of halogens is 3. The van der Waals surface area contributed by atoms with Crippen molar-refractivity contribution >= 4 is 35.3 Å². The van der Waals surface area contributed by atoms with E-state index in [0.29, 0.717) is 21.8 Å². The summed E-state index contributed by atoms with van der Waals surface area (Å²) in [4.78, 5) is 46.2. The Balaban J connectivity index is 1.98. The number of amides is 4. The number of rotatable bonds is 5. The summed E-state index contributed by atoms with van der Waals surface area (Å²) in [7, 11) is 0. The summed E-state index contributed by atoms with van der Waals surface area (Å²) < 4.78 is 40.2. The number of imide groups is 1. The Morgan fingerprint density at radius 2 is 1.97 bits per heavy atom. The van der Waals surface area contributed by atoms with Gasteiger partial charge in [0.1, 0.15) is 5.69 Å². The molecule has 1 N–H and O–H groups in total. The topological polar surface area (TPSA) is 106 Å². The van der Waals surface area contributed by atoms with Crippen LogP contribution in [0.5, 0.6) is 0 Å². The number of aromatic nitrogens is 1. The molecule has 12 heteroatoms. The van der Waals surface area contributed by atoms with E-state index in [1.165, 1.54) is 17.8 Å². The fourth-order valence-corrected chi connectivity index (χ4v) is 5.36. The molecule has 0 fully saturated rings. The number of carbonyl (C=O) groups is 3. The third-order valence-electron chi connectivity index (χ3n) is 5.98.